The third-order valence-electron chi connectivity index (χ3n) is 6.91. The van der Waals surface area contributed by atoms with E-state index in [9.17, 15) is 0 Å². The Morgan fingerprint density at radius 3 is 2.07 bits per heavy atom. The van der Waals surface area contributed by atoms with Gasteiger partial charge in [-0.15, -0.1) is 0 Å². The number of fused-ring (bicyclic) bond motifs is 4. The summed E-state index contributed by atoms with van der Waals surface area (Å²) in [4.78, 5) is 0. The molecular formula is C27H28. The van der Waals surface area contributed by atoms with Crippen LogP contribution in [0.3, 0.4) is 0 Å². The third kappa shape index (κ3) is 2.42. The number of rotatable bonds is 1. The van der Waals surface area contributed by atoms with Crippen LogP contribution in [-0.4, -0.2) is 0 Å². The lowest BCUT2D eigenvalue weighted by molar-refractivity contribution is 0.660. The Kier molecular flexibility index (Phi) is 3.63. The Morgan fingerprint density at radius 2 is 1.30 bits per heavy atom. The van der Waals surface area contributed by atoms with E-state index in [1.807, 2.05) is 0 Å². The first kappa shape index (κ1) is 16.8. The van der Waals surface area contributed by atoms with Gasteiger partial charge in [-0.05, 0) is 95.7 Å². The molecule has 0 spiro atoms. The normalized spacial score (nSPS) is 16.6. The van der Waals surface area contributed by atoms with E-state index in [-0.39, 0.29) is 5.41 Å². The van der Waals surface area contributed by atoms with Crippen LogP contribution < -0.4 is 0 Å². The molecule has 0 aliphatic heterocycles. The van der Waals surface area contributed by atoms with E-state index >= 15 is 0 Å². The highest BCUT2D eigenvalue weighted by Gasteiger charge is 2.35. The summed E-state index contributed by atoms with van der Waals surface area (Å²) >= 11 is 0. The van der Waals surface area contributed by atoms with Crippen molar-refractivity contribution in [2.45, 2.75) is 58.8 Å². The van der Waals surface area contributed by atoms with Crippen LogP contribution in [0, 0.1) is 13.8 Å². The third-order valence-corrected chi connectivity index (χ3v) is 6.91. The summed E-state index contributed by atoms with van der Waals surface area (Å²) in [6.07, 6.45) is 5.14. The first-order chi connectivity index (χ1) is 13.0. The van der Waals surface area contributed by atoms with Gasteiger partial charge in [0.1, 0.15) is 0 Å². The molecule has 2 aliphatic rings. The second-order valence-electron chi connectivity index (χ2n) is 9.03. The van der Waals surface area contributed by atoms with Crippen molar-refractivity contribution in [2.24, 2.45) is 0 Å². The smallest absolute Gasteiger partial charge is 0.0159 e. The van der Waals surface area contributed by atoms with Crippen LogP contribution in [0.15, 0.2) is 48.5 Å². The van der Waals surface area contributed by atoms with Gasteiger partial charge in [-0.1, -0.05) is 61.9 Å². The van der Waals surface area contributed by atoms with Gasteiger partial charge in [0, 0.05) is 5.41 Å². The molecule has 0 bridgehead atoms. The summed E-state index contributed by atoms with van der Waals surface area (Å²) in [6.45, 7) is 9.24. The topological polar surface area (TPSA) is 0 Å². The van der Waals surface area contributed by atoms with E-state index in [0.29, 0.717) is 0 Å². The Morgan fingerprint density at radius 1 is 0.667 bits per heavy atom. The van der Waals surface area contributed by atoms with Gasteiger partial charge in [0.05, 0.1) is 0 Å². The zero-order valence-corrected chi connectivity index (χ0v) is 16.9. The molecule has 27 heavy (non-hydrogen) atoms. The summed E-state index contributed by atoms with van der Waals surface area (Å²) in [6, 6.07) is 18.8. The maximum absolute atomic E-state index is 2.48. The second-order valence-corrected chi connectivity index (χ2v) is 9.03. The fourth-order valence-corrected chi connectivity index (χ4v) is 5.34. The van der Waals surface area contributed by atoms with Gasteiger partial charge < -0.3 is 0 Å². The summed E-state index contributed by atoms with van der Waals surface area (Å²) in [5, 5.41) is 0. The molecule has 2 aliphatic carbocycles. The molecule has 0 nitrogen and oxygen atoms in total. The molecule has 5 rings (SSSR count). The lowest BCUT2D eigenvalue weighted by Gasteiger charge is -2.24. The Hall–Kier alpha value is -2.34. The van der Waals surface area contributed by atoms with Gasteiger partial charge in [-0.25, -0.2) is 0 Å². The van der Waals surface area contributed by atoms with Gasteiger partial charge in [0.25, 0.3) is 0 Å². The molecule has 0 atom stereocenters. The molecule has 0 saturated carbocycles. The summed E-state index contributed by atoms with van der Waals surface area (Å²) in [7, 11) is 0. The standard InChI is InChI=1S/C27H28/c1-17-9-12-23-24-14-11-19(16-26(24)27(3,4)25(23)15-17)21-13-10-18(2)20-7-5-6-8-22(20)21/h9-16H,5-8H2,1-4H3. The second kappa shape index (κ2) is 5.83. The van der Waals surface area contributed by atoms with Crippen molar-refractivity contribution in [2.75, 3.05) is 0 Å². The van der Waals surface area contributed by atoms with E-state index in [4.69, 9.17) is 0 Å². The minimum absolute atomic E-state index is 0.0669. The van der Waals surface area contributed by atoms with E-state index in [1.165, 1.54) is 70.2 Å². The first-order valence-corrected chi connectivity index (χ1v) is 10.3. The number of benzene rings is 3. The fraction of sp³-hybridized carbons (Fsp3) is 0.333. The van der Waals surface area contributed by atoms with Crippen molar-refractivity contribution in [3.63, 3.8) is 0 Å². The highest BCUT2D eigenvalue weighted by atomic mass is 14.4. The lowest BCUT2D eigenvalue weighted by Crippen LogP contribution is -2.15. The Balaban J connectivity index is 1.70. The minimum atomic E-state index is 0.0669. The molecule has 0 heterocycles. The highest BCUT2D eigenvalue weighted by molar-refractivity contribution is 5.84. The Bertz CT molecular complexity index is 1070. The van der Waals surface area contributed by atoms with E-state index < -0.39 is 0 Å². The number of hydrogen-bond acceptors (Lipinski definition) is 0. The van der Waals surface area contributed by atoms with Gasteiger partial charge in [-0.3, -0.25) is 0 Å². The molecule has 0 aromatic heterocycles. The molecule has 136 valence electrons. The average molecular weight is 353 g/mol. The monoisotopic (exact) mass is 352 g/mol. The molecule has 0 heteroatoms. The number of aryl methyl sites for hydroxylation is 2. The lowest BCUT2D eigenvalue weighted by atomic mass is 9.79. The molecule has 3 aromatic carbocycles. The van der Waals surface area contributed by atoms with Crippen LogP contribution in [0.2, 0.25) is 0 Å². The minimum Gasteiger partial charge on any atom is -0.0587 e. The van der Waals surface area contributed by atoms with Gasteiger partial charge in [-0.2, -0.15) is 0 Å². The molecule has 0 saturated heterocycles. The van der Waals surface area contributed by atoms with Crippen LogP contribution in [0.25, 0.3) is 22.3 Å². The maximum atomic E-state index is 2.48. The number of hydrogen-bond donors (Lipinski definition) is 0. The molecule has 0 unspecified atom stereocenters. The summed E-state index contributed by atoms with van der Waals surface area (Å²) in [5.74, 6) is 0. The SMILES string of the molecule is Cc1ccc2c(c1)C(C)(C)c1cc(-c3ccc(C)c4c3CCCC4)ccc1-2. The van der Waals surface area contributed by atoms with Gasteiger partial charge in [0.15, 0.2) is 0 Å². The fourth-order valence-electron chi connectivity index (χ4n) is 5.34. The molecule has 0 N–H and O–H groups in total. The maximum Gasteiger partial charge on any atom is 0.0159 e. The Labute approximate surface area is 163 Å². The van der Waals surface area contributed by atoms with Crippen molar-refractivity contribution >= 4 is 0 Å². The van der Waals surface area contributed by atoms with Crippen LogP contribution in [-0.2, 0) is 18.3 Å². The van der Waals surface area contributed by atoms with Crippen LogP contribution >= 0.6 is 0 Å². The van der Waals surface area contributed by atoms with Gasteiger partial charge >= 0.3 is 0 Å². The average Bonchev–Trinajstić information content (AvgIpc) is 2.89. The van der Waals surface area contributed by atoms with Crippen LogP contribution in [0.5, 0.6) is 0 Å². The van der Waals surface area contributed by atoms with Crippen LogP contribution in [0.1, 0.15) is 60.1 Å². The predicted molar refractivity (Wildman–Crippen MR) is 116 cm³/mol. The van der Waals surface area contributed by atoms with E-state index in [2.05, 4.69) is 76.2 Å². The molecule has 0 fully saturated rings. The van der Waals surface area contributed by atoms with Gasteiger partial charge in [0.2, 0.25) is 0 Å². The molecule has 0 amide bonds. The van der Waals surface area contributed by atoms with Crippen molar-refractivity contribution in [3.8, 4) is 22.3 Å². The zero-order chi connectivity index (χ0) is 18.8. The largest absolute Gasteiger partial charge is 0.0587 e. The summed E-state index contributed by atoms with van der Waals surface area (Å²) < 4.78 is 0. The van der Waals surface area contributed by atoms with Crippen molar-refractivity contribution in [1.82, 2.24) is 0 Å². The molecule has 0 radical (unpaired) electrons. The summed E-state index contributed by atoms with van der Waals surface area (Å²) in [5.41, 5.74) is 14.7. The quantitative estimate of drug-likeness (QED) is 0.436. The zero-order valence-electron chi connectivity index (χ0n) is 16.9. The van der Waals surface area contributed by atoms with Crippen molar-refractivity contribution in [1.29, 1.82) is 0 Å². The van der Waals surface area contributed by atoms with Crippen LogP contribution in [0.4, 0.5) is 0 Å². The highest BCUT2D eigenvalue weighted by Crippen LogP contribution is 2.50. The van der Waals surface area contributed by atoms with Crippen molar-refractivity contribution in [3.05, 3.63) is 81.9 Å². The molecule has 3 aromatic rings. The molecular weight excluding hydrogens is 324 g/mol. The van der Waals surface area contributed by atoms with Crippen molar-refractivity contribution < 1.29 is 0 Å². The first-order valence-electron chi connectivity index (χ1n) is 10.3. The van der Waals surface area contributed by atoms with E-state index in [1.54, 1.807) is 11.1 Å². The van der Waals surface area contributed by atoms with E-state index in [0.717, 1.165) is 0 Å². The predicted octanol–water partition coefficient (Wildman–Crippen LogP) is 7.16.